The number of anilines is 1. The number of methoxy groups -OCH3 is 2. The van der Waals surface area contributed by atoms with Crippen molar-refractivity contribution in [2.24, 2.45) is 0 Å². The van der Waals surface area contributed by atoms with Crippen molar-refractivity contribution in [2.75, 3.05) is 26.1 Å². The Morgan fingerprint density at radius 2 is 1.92 bits per heavy atom. The van der Waals surface area contributed by atoms with E-state index in [9.17, 15) is 4.79 Å². The lowest BCUT2D eigenvalue weighted by molar-refractivity contribution is 0.0939. The summed E-state index contributed by atoms with van der Waals surface area (Å²) in [7, 11) is 3.24. The number of carbonyl (C=O) groups is 1. The molecule has 0 aliphatic heterocycles. The maximum Gasteiger partial charge on any atom is 0.251 e. The molecule has 1 heterocycles. The molecule has 1 amide bonds. The Kier molecular flexibility index (Phi) is 7.26. The summed E-state index contributed by atoms with van der Waals surface area (Å²) >= 11 is 0. The molecule has 6 heteroatoms. The van der Waals surface area contributed by atoms with Crippen LogP contribution in [0.15, 0.2) is 36.5 Å². The van der Waals surface area contributed by atoms with Crippen molar-refractivity contribution in [2.45, 2.75) is 32.7 Å². The molecule has 0 spiro atoms. The van der Waals surface area contributed by atoms with E-state index in [0.717, 1.165) is 18.4 Å². The molecule has 1 unspecified atom stereocenters. The van der Waals surface area contributed by atoms with E-state index in [1.165, 1.54) is 0 Å². The standard InChI is InChI=1S/C20H27N3O3/c1-5-14(2)23-20(24)16-9-11-22-19(13-16)21-10-8-15-6-7-17(25-3)18(12-15)26-4/h6-7,9,11-14H,5,8,10H2,1-4H3,(H,21,22)(H,23,24). The molecule has 0 saturated heterocycles. The molecule has 0 bridgehead atoms. The minimum Gasteiger partial charge on any atom is -0.493 e. The third-order valence-corrected chi connectivity index (χ3v) is 4.18. The molecule has 1 aromatic carbocycles. The smallest absolute Gasteiger partial charge is 0.251 e. The summed E-state index contributed by atoms with van der Waals surface area (Å²) in [6, 6.07) is 9.50. The molecule has 0 radical (unpaired) electrons. The molecule has 0 aliphatic carbocycles. The average Bonchev–Trinajstić information content (AvgIpc) is 2.67. The minimum atomic E-state index is -0.0790. The van der Waals surface area contributed by atoms with Crippen LogP contribution in [0.3, 0.4) is 0 Å². The summed E-state index contributed by atoms with van der Waals surface area (Å²) in [6.07, 6.45) is 3.34. The van der Waals surface area contributed by atoms with Gasteiger partial charge < -0.3 is 20.1 Å². The Morgan fingerprint density at radius 3 is 2.62 bits per heavy atom. The third-order valence-electron chi connectivity index (χ3n) is 4.18. The number of carbonyl (C=O) groups excluding carboxylic acids is 1. The Bertz CT molecular complexity index is 734. The number of amides is 1. The van der Waals surface area contributed by atoms with Gasteiger partial charge >= 0.3 is 0 Å². The van der Waals surface area contributed by atoms with Crippen LogP contribution in [0.5, 0.6) is 11.5 Å². The van der Waals surface area contributed by atoms with Gasteiger partial charge in [0.15, 0.2) is 11.5 Å². The second kappa shape index (κ2) is 9.65. The van der Waals surface area contributed by atoms with Crippen molar-refractivity contribution < 1.29 is 14.3 Å². The van der Waals surface area contributed by atoms with Gasteiger partial charge in [-0.25, -0.2) is 4.98 Å². The lowest BCUT2D eigenvalue weighted by atomic mass is 10.1. The van der Waals surface area contributed by atoms with E-state index in [4.69, 9.17) is 9.47 Å². The topological polar surface area (TPSA) is 72.5 Å². The largest absolute Gasteiger partial charge is 0.493 e. The number of hydrogen-bond acceptors (Lipinski definition) is 5. The summed E-state index contributed by atoms with van der Waals surface area (Å²) in [5, 5.41) is 6.22. The second-order valence-electron chi connectivity index (χ2n) is 6.08. The van der Waals surface area contributed by atoms with Crippen LogP contribution in [0.4, 0.5) is 5.82 Å². The van der Waals surface area contributed by atoms with Crippen LogP contribution in [0.25, 0.3) is 0 Å². The molecular formula is C20H27N3O3. The first-order valence-corrected chi connectivity index (χ1v) is 8.79. The zero-order valence-electron chi connectivity index (χ0n) is 15.8. The number of aromatic nitrogens is 1. The molecule has 2 N–H and O–H groups in total. The van der Waals surface area contributed by atoms with Crippen LogP contribution in [-0.4, -0.2) is 37.7 Å². The maximum atomic E-state index is 12.2. The van der Waals surface area contributed by atoms with Crippen LogP contribution < -0.4 is 20.1 Å². The zero-order chi connectivity index (χ0) is 18.9. The summed E-state index contributed by atoms with van der Waals surface area (Å²) in [6.45, 7) is 4.72. The fraction of sp³-hybridized carbons (Fsp3) is 0.400. The van der Waals surface area contributed by atoms with Gasteiger partial charge in [-0.15, -0.1) is 0 Å². The quantitative estimate of drug-likeness (QED) is 0.720. The Labute approximate surface area is 154 Å². The number of nitrogens with one attached hydrogen (secondary N) is 2. The minimum absolute atomic E-state index is 0.0790. The number of hydrogen-bond donors (Lipinski definition) is 2. The molecule has 140 valence electrons. The summed E-state index contributed by atoms with van der Waals surface area (Å²) in [4.78, 5) is 16.5. The highest BCUT2D eigenvalue weighted by Crippen LogP contribution is 2.27. The first kappa shape index (κ1) is 19.6. The lowest BCUT2D eigenvalue weighted by Gasteiger charge is -2.12. The predicted molar refractivity (Wildman–Crippen MR) is 103 cm³/mol. The van der Waals surface area contributed by atoms with E-state index in [-0.39, 0.29) is 11.9 Å². The van der Waals surface area contributed by atoms with Gasteiger partial charge in [0.25, 0.3) is 5.91 Å². The normalized spacial score (nSPS) is 11.5. The van der Waals surface area contributed by atoms with Gasteiger partial charge in [0.1, 0.15) is 5.82 Å². The van der Waals surface area contributed by atoms with Gasteiger partial charge in [0.05, 0.1) is 14.2 Å². The first-order chi connectivity index (χ1) is 12.6. The molecule has 1 aromatic heterocycles. The van der Waals surface area contributed by atoms with Crippen molar-refractivity contribution in [1.29, 1.82) is 0 Å². The predicted octanol–water partition coefficient (Wildman–Crippen LogP) is 3.28. The number of ether oxygens (including phenoxy) is 2. The fourth-order valence-electron chi connectivity index (χ4n) is 2.45. The summed E-state index contributed by atoms with van der Waals surface area (Å²) in [5.74, 6) is 2.03. The molecule has 0 fully saturated rings. The summed E-state index contributed by atoms with van der Waals surface area (Å²) in [5.41, 5.74) is 1.73. The number of rotatable bonds is 9. The highest BCUT2D eigenvalue weighted by atomic mass is 16.5. The van der Waals surface area contributed by atoms with Crippen LogP contribution in [-0.2, 0) is 6.42 Å². The van der Waals surface area contributed by atoms with E-state index in [1.54, 1.807) is 32.5 Å². The molecule has 0 aliphatic rings. The molecule has 2 aromatic rings. The van der Waals surface area contributed by atoms with Gasteiger partial charge in [-0.3, -0.25) is 4.79 Å². The van der Waals surface area contributed by atoms with Gasteiger partial charge in [-0.2, -0.15) is 0 Å². The highest BCUT2D eigenvalue weighted by Gasteiger charge is 2.09. The molecule has 2 rings (SSSR count). The molecule has 26 heavy (non-hydrogen) atoms. The first-order valence-electron chi connectivity index (χ1n) is 8.79. The molecule has 0 saturated carbocycles. The van der Waals surface area contributed by atoms with Crippen LogP contribution in [0, 0.1) is 0 Å². The van der Waals surface area contributed by atoms with Gasteiger partial charge in [-0.1, -0.05) is 13.0 Å². The molecule has 1 atom stereocenters. The van der Waals surface area contributed by atoms with Crippen LogP contribution in [0.1, 0.15) is 36.2 Å². The fourth-order valence-corrected chi connectivity index (χ4v) is 2.45. The van der Waals surface area contributed by atoms with Crippen molar-refractivity contribution in [3.63, 3.8) is 0 Å². The van der Waals surface area contributed by atoms with E-state index >= 15 is 0 Å². The van der Waals surface area contributed by atoms with Crippen molar-refractivity contribution in [3.05, 3.63) is 47.7 Å². The lowest BCUT2D eigenvalue weighted by Crippen LogP contribution is -2.31. The molecule has 6 nitrogen and oxygen atoms in total. The average molecular weight is 357 g/mol. The van der Waals surface area contributed by atoms with Gasteiger partial charge in [-0.05, 0) is 49.6 Å². The van der Waals surface area contributed by atoms with E-state index in [0.29, 0.717) is 29.4 Å². The highest BCUT2D eigenvalue weighted by molar-refractivity contribution is 5.94. The van der Waals surface area contributed by atoms with E-state index < -0.39 is 0 Å². The Morgan fingerprint density at radius 1 is 1.15 bits per heavy atom. The van der Waals surface area contributed by atoms with E-state index in [2.05, 4.69) is 15.6 Å². The third kappa shape index (κ3) is 5.37. The van der Waals surface area contributed by atoms with Gasteiger partial charge in [0, 0.05) is 24.3 Å². The Hall–Kier alpha value is -2.76. The van der Waals surface area contributed by atoms with Crippen molar-refractivity contribution in [3.8, 4) is 11.5 Å². The zero-order valence-corrected chi connectivity index (χ0v) is 15.8. The Balaban J connectivity index is 1.94. The summed E-state index contributed by atoms with van der Waals surface area (Å²) < 4.78 is 10.6. The van der Waals surface area contributed by atoms with Crippen LogP contribution in [0.2, 0.25) is 0 Å². The number of nitrogens with zero attached hydrogens (tertiary/aromatic N) is 1. The van der Waals surface area contributed by atoms with Gasteiger partial charge in [0.2, 0.25) is 0 Å². The second-order valence-corrected chi connectivity index (χ2v) is 6.08. The SMILES string of the molecule is CCC(C)NC(=O)c1ccnc(NCCc2ccc(OC)c(OC)c2)c1. The number of benzene rings is 1. The van der Waals surface area contributed by atoms with E-state index in [1.807, 2.05) is 32.0 Å². The molecular weight excluding hydrogens is 330 g/mol. The van der Waals surface area contributed by atoms with Crippen molar-refractivity contribution >= 4 is 11.7 Å². The van der Waals surface area contributed by atoms with Crippen molar-refractivity contribution in [1.82, 2.24) is 10.3 Å². The van der Waals surface area contributed by atoms with Crippen LogP contribution >= 0.6 is 0 Å². The maximum absolute atomic E-state index is 12.2. The number of pyridine rings is 1. The monoisotopic (exact) mass is 357 g/mol.